The van der Waals surface area contributed by atoms with E-state index in [0.717, 1.165) is 4.57 Å². The second-order valence-electron chi connectivity index (χ2n) is 8.38. The number of benzene rings is 2. The Labute approximate surface area is 210 Å². The van der Waals surface area contributed by atoms with Crippen LogP contribution in [0.2, 0.25) is 5.02 Å². The lowest BCUT2D eigenvalue weighted by molar-refractivity contribution is -0.144. The van der Waals surface area contributed by atoms with Crippen LogP contribution in [0.25, 0.3) is 11.1 Å². The van der Waals surface area contributed by atoms with Crippen molar-refractivity contribution in [3.8, 4) is 17.0 Å². The fraction of sp³-hybridized carbons (Fsp3) is 0.231. The minimum atomic E-state index is -4.70. The highest BCUT2D eigenvalue weighted by Gasteiger charge is 2.41. The van der Waals surface area contributed by atoms with Gasteiger partial charge in [-0.25, -0.2) is 4.79 Å². The highest BCUT2D eigenvalue weighted by atomic mass is 35.5. The molecule has 0 spiro atoms. The van der Waals surface area contributed by atoms with Gasteiger partial charge >= 0.3 is 12.3 Å². The smallest absolute Gasteiger partial charge is 0.392 e. The summed E-state index contributed by atoms with van der Waals surface area (Å²) < 4.78 is 54.8. The number of carbonyl (C=O) groups excluding carboxylic acids is 1. The Hall–Kier alpha value is -3.72. The van der Waals surface area contributed by atoms with E-state index in [4.69, 9.17) is 20.9 Å². The number of amides is 1. The summed E-state index contributed by atoms with van der Waals surface area (Å²) in [4.78, 5) is 14.3. The van der Waals surface area contributed by atoms with Crippen molar-refractivity contribution in [3.63, 3.8) is 0 Å². The lowest BCUT2D eigenvalue weighted by Gasteiger charge is -2.19. The molecule has 4 aromatic rings. The highest BCUT2D eigenvalue weighted by Crippen LogP contribution is 2.45. The van der Waals surface area contributed by atoms with Crippen LogP contribution in [0.4, 0.5) is 18.0 Å². The van der Waals surface area contributed by atoms with Crippen LogP contribution in [0.5, 0.6) is 5.88 Å². The number of aryl methyl sites for hydroxylation is 1. The summed E-state index contributed by atoms with van der Waals surface area (Å²) >= 11 is 6.01. The first-order chi connectivity index (χ1) is 17.0. The van der Waals surface area contributed by atoms with E-state index in [2.05, 4.69) is 5.16 Å². The van der Waals surface area contributed by atoms with E-state index < -0.39 is 18.0 Å². The number of alkyl halides is 3. The molecule has 2 aromatic heterocycles. The largest absolute Gasteiger partial charge is 0.431 e. The van der Waals surface area contributed by atoms with Crippen LogP contribution in [0.3, 0.4) is 0 Å². The van der Waals surface area contributed by atoms with E-state index in [9.17, 15) is 18.0 Å². The highest BCUT2D eigenvalue weighted by molar-refractivity contribution is 6.30. The molecular weight excluding hydrogens is 495 g/mol. The molecule has 0 saturated carbocycles. The topological polar surface area (TPSA) is 60.5 Å². The molecule has 4 rings (SSSR count). The van der Waals surface area contributed by atoms with Crippen molar-refractivity contribution >= 4 is 17.7 Å². The molecule has 0 aliphatic carbocycles. The summed E-state index contributed by atoms with van der Waals surface area (Å²) in [6, 6.07) is 16.7. The number of ether oxygens (including phenoxy) is 1. The first-order valence-corrected chi connectivity index (χ1v) is 11.4. The predicted molar refractivity (Wildman–Crippen MR) is 129 cm³/mol. The number of rotatable bonds is 6. The molecule has 0 fully saturated rings. The fourth-order valence-corrected chi connectivity index (χ4v) is 4.15. The van der Waals surface area contributed by atoms with Crippen molar-refractivity contribution in [1.29, 1.82) is 0 Å². The van der Waals surface area contributed by atoms with Crippen LogP contribution in [0.1, 0.15) is 28.3 Å². The van der Waals surface area contributed by atoms with Crippen molar-refractivity contribution in [3.05, 3.63) is 94.0 Å². The van der Waals surface area contributed by atoms with Gasteiger partial charge in [-0.15, -0.1) is 0 Å². The maximum Gasteiger partial charge on any atom is 0.431 e. The molecule has 2 heterocycles. The molecule has 0 radical (unpaired) electrons. The van der Waals surface area contributed by atoms with Gasteiger partial charge in [0.05, 0.1) is 13.1 Å². The van der Waals surface area contributed by atoms with Gasteiger partial charge in [-0.3, -0.25) is 0 Å². The van der Waals surface area contributed by atoms with E-state index in [1.165, 1.54) is 18.9 Å². The number of hydrogen-bond acceptors (Lipinski definition) is 4. The molecule has 0 bridgehead atoms. The van der Waals surface area contributed by atoms with Crippen LogP contribution in [-0.2, 0) is 19.3 Å². The zero-order chi connectivity index (χ0) is 26.0. The van der Waals surface area contributed by atoms with E-state index >= 15 is 0 Å². The Morgan fingerprint density at radius 2 is 1.78 bits per heavy atom. The number of hydrogen-bond donors (Lipinski definition) is 0. The van der Waals surface area contributed by atoms with Gasteiger partial charge in [0.25, 0.3) is 0 Å². The van der Waals surface area contributed by atoms with Crippen LogP contribution in [-0.4, -0.2) is 27.8 Å². The van der Waals surface area contributed by atoms with Crippen molar-refractivity contribution in [2.45, 2.75) is 33.1 Å². The summed E-state index contributed by atoms with van der Waals surface area (Å²) in [7, 11) is 1.47. The first kappa shape index (κ1) is 25.4. The summed E-state index contributed by atoms with van der Waals surface area (Å²) in [6.45, 7) is 2.98. The second-order valence-corrected chi connectivity index (χ2v) is 8.82. The third kappa shape index (κ3) is 5.41. The molecule has 0 saturated heterocycles. The van der Waals surface area contributed by atoms with Crippen molar-refractivity contribution in [2.24, 2.45) is 0 Å². The Kier molecular flexibility index (Phi) is 7.12. The number of carbonyl (C=O) groups is 1. The third-order valence-electron chi connectivity index (χ3n) is 5.62. The van der Waals surface area contributed by atoms with Gasteiger partial charge in [-0.1, -0.05) is 59.2 Å². The molecule has 1 amide bonds. The molecule has 0 atom stereocenters. The Morgan fingerprint density at radius 3 is 2.36 bits per heavy atom. The molecule has 188 valence electrons. The second kappa shape index (κ2) is 10.1. The number of aromatic nitrogens is 2. The molecule has 2 aromatic carbocycles. The molecule has 0 aliphatic rings. The molecule has 10 heteroatoms. The fourth-order valence-electron chi connectivity index (χ4n) is 4.02. The zero-order valence-electron chi connectivity index (χ0n) is 19.8. The number of nitrogens with zero attached hydrogens (tertiary/aromatic N) is 3. The summed E-state index contributed by atoms with van der Waals surface area (Å²) in [6.07, 6.45) is -5.54. The van der Waals surface area contributed by atoms with Gasteiger partial charge in [-0.05, 0) is 42.7 Å². The predicted octanol–water partition coefficient (Wildman–Crippen LogP) is 7.11. The lowest BCUT2D eigenvalue weighted by Crippen LogP contribution is -2.30. The summed E-state index contributed by atoms with van der Waals surface area (Å²) in [5, 5.41) is 4.28. The van der Waals surface area contributed by atoms with Gasteiger partial charge in [0.15, 0.2) is 0 Å². The third-order valence-corrected chi connectivity index (χ3v) is 5.87. The van der Waals surface area contributed by atoms with Gasteiger partial charge in [0.1, 0.15) is 17.1 Å². The molecule has 36 heavy (non-hydrogen) atoms. The van der Waals surface area contributed by atoms with Gasteiger partial charge in [0, 0.05) is 23.7 Å². The quantitative estimate of drug-likeness (QED) is 0.273. The zero-order valence-corrected chi connectivity index (χ0v) is 20.5. The molecule has 0 unspecified atom stereocenters. The van der Waals surface area contributed by atoms with Gasteiger partial charge < -0.3 is 18.7 Å². The van der Waals surface area contributed by atoms with Crippen molar-refractivity contribution in [2.75, 3.05) is 7.05 Å². The van der Waals surface area contributed by atoms with Crippen molar-refractivity contribution in [1.82, 2.24) is 14.6 Å². The van der Waals surface area contributed by atoms with E-state index in [0.29, 0.717) is 27.6 Å². The lowest BCUT2D eigenvalue weighted by atomic mass is 10.0. The maximum atomic E-state index is 14.4. The average molecular weight is 518 g/mol. The van der Waals surface area contributed by atoms with Crippen LogP contribution >= 0.6 is 11.6 Å². The van der Waals surface area contributed by atoms with Gasteiger partial charge in [0.2, 0.25) is 5.88 Å². The minimum Gasteiger partial charge on any atom is -0.392 e. The normalized spacial score (nSPS) is 11.5. The van der Waals surface area contributed by atoms with Gasteiger partial charge in [-0.2, -0.15) is 13.2 Å². The summed E-state index contributed by atoms with van der Waals surface area (Å²) in [5.74, 6) is 0.359. The molecule has 0 N–H and O–H groups in total. The average Bonchev–Trinajstić information content (AvgIpc) is 3.34. The van der Waals surface area contributed by atoms with E-state index in [1.54, 1.807) is 67.6 Å². The molecule has 0 aliphatic heterocycles. The van der Waals surface area contributed by atoms with E-state index in [-0.39, 0.29) is 30.1 Å². The Balaban J connectivity index is 1.83. The Morgan fingerprint density at radius 1 is 1.11 bits per heavy atom. The van der Waals surface area contributed by atoms with Crippen LogP contribution in [0.15, 0.2) is 65.2 Å². The van der Waals surface area contributed by atoms with Crippen LogP contribution in [0, 0.1) is 13.8 Å². The first-order valence-electron chi connectivity index (χ1n) is 11.0. The monoisotopic (exact) mass is 517 g/mol. The SMILES string of the molecule is Cc1cc(CN(C)C(=O)Oc2c(-c3ccc(Cl)cc3)c(C)c(C(F)(F)F)n2Cc2ccccc2)no1. The molecule has 6 nitrogen and oxygen atoms in total. The van der Waals surface area contributed by atoms with Crippen LogP contribution < -0.4 is 4.74 Å². The minimum absolute atomic E-state index is 0.0525. The van der Waals surface area contributed by atoms with E-state index in [1.807, 2.05) is 0 Å². The Bertz CT molecular complexity index is 1360. The maximum absolute atomic E-state index is 14.4. The standard InChI is InChI=1S/C26H23ClF3N3O3/c1-16-13-21(31-36-16)15-32(3)25(34)35-24-22(19-9-11-20(27)12-10-19)17(2)23(26(28,29)30)33(24)14-18-7-5-4-6-8-18/h4-13H,14-15H2,1-3H3. The summed E-state index contributed by atoms with van der Waals surface area (Å²) in [5.41, 5.74) is 0.744. The van der Waals surface area contributed by atoms with Crippen molar-refractivity contribution < 1.29 is 27.2 Å². The molecular formula is C26H23ClF3N3O3. The number of halogens is 4.